The summed E-state index contributed by atoms with van der Waals surface area (Å²) in [7, 11) is 0. The van der Waals surface area contributed by atoms with E-state index in [2.05, 4.69) is 25.7 Å². The van der Waals surface area contributed by atoms with E-state index in [0.717, 1.165) is 12.1 Å². The molecule has 3 nitrogen and oxygen atoms in total. The minimum Gasteiger partial charge on any atom is -0.325 e. The van der Waals surface area contributed by atoms with Crippen LogP contribution in [0.1, 0.15) is 38.2 Å². The zero-order valence-corrected chi connectivity index (χ0v) is 11.1. The maximum atomic E-state index is 11.7. The topological polar surface area (TPSA) is 55.1 Å². The first-order valence-corrected chi connectivity index (χ1v) is 6.35. The van der Waals surface area contributed by atoms with E-state index >= 15 is 0 Å². The fraction of sp³-hybridized carbons (Fsp3) is 0.400. The lowest BCUT2D eigenvalue weighted by Crippen LogP contribution is -2.35. The van der Waals surface area contributed by atoms with Crippen molar-refractivity contribution < 1.29 is 4.79 Å². The van der Waals surface area contributed by atoms with Crippen LogP contribution in [0.15, 0.2) is 36.9 Å². The molecule has 0 spiro atoms. The van der Waals surface area contributed by atoms with Crippen LogP contribution in [0.2, 0.25) is 0 Å². The molecule has 0 heterocycles. The largest absolute Gasteiger partial charge is 0.325 e. The van der Waals surface area contributed by atoms with Crippen LogP contribution >= 0.6 is 0 Å². The molecule has 0 aromatic heterocycles. The van der Waals surface area contributed by atoms with E-state index in [4.69, 9.17) is 5.73 Å². The second-order valence-electron chi connectivity index (χ2n) is 4.55. The van der Waals surface area contributed by atoms with Gasteiger partial charge in [-0.15, -0.1) is 6.58 Å². The highest BCUT2D eigenvalue weighted by molar-refractivity contribution is 5.94. The van der Waals surface area contributed by atoms with Crippen LogP contribution in [-0.2, 0) is 4.79 Å². The maximum Gasteiger partial charge on any atom is 0.241 e. The van der Waals surface area contributed by atoms with E-state index in [9.17, 15) is 4.79 Å². The molecular formula is C15H22N2O. The second kappa shape index (κ2) is 6.97. The third-order valence-electron chi connectivity index (χ3n) is 3.12. The SMILES string of the molecule is C=CCC(N)C(=O)Nc1ccc(C(C)CC)cc1. The van der Waals surface area contributed by atoms with Gasteiger partial charge in [-0.1, -0.05) is 32.1 Å². The van der Waals surface area contributed by atoms with Crippen molar-refractivity contribution in [2.45, 2.75) is 38.6 Å². The minimum absolute atomic E-state index is 0.175. The van der Waals surface area contributed by atoms with Gasteiger partial charge >= 0.3 is 0 Å². The Morgan fingerprint density at radius 1 is 1.44 bits per heavy atom. The van der Waals surface area contributed by atoms with E-state index in [0.29, 0.717) is 12.3 Å². The first kappa shape index (κ1) is 14.5. The van der Waals surface area contributed by atoms with Crippen LogP contribution in [0.4, 0.5) is 5.69 Å². The standard InChI is InChI=1S/C15H22N2O/c1-4-6-14(16)15(18)17-13-9-7-12(8-10-13)11(3)5-2/h4,7-11,14H,1,5-6,16H2,2-3H3,(H,17,18). The van der Waals surface area contributed by atoms with Gasteiger partial charge in [-0.2, -0.15) is 0 Å². The van der Waals surface area contributed by atoms with Gasteiger partial charge in [0, 0.05) is 5.69 Å². The number of rotatable bonds is 6. The molecule has 0 bridgehead atoms. The van der Waals surface area contributed by atoms with Crippen LogP contribution < -0.4 is 11.1 Å². The number of benzene rings is 1. The Bertz CT molecular complexity index is 397. The number of nitrogens with two attached hydrogens (primary N) is 1. The highest BCUT2D eigenvalue weighted by atomic mass is 16.2. The molecule has 2 atom stereocenters. The first-order valence-electron chi connectivity index (χ1n) is 6.35. The van der Waals surface area contributed by atoms with Gasteiger partial charge < -0.3 is 11.1 Å². The van der Waals surface area contributed by atoms with Gasteiger partial charge in [0.15, 0.2) is 0 Å². The molecule has 3 N–H and O–H groups in total. The van der Waals surface area contributed by atoms with Gasteiger partial charge in [0.1, 0.15) is 0 Å². The van der Waals surface area contributed by atoms with Crippen LogP contribution in [0.25, 0.3) is 0 Å². The molecule has 0 aliphatic rings. The molecule has 2 unspecified atom stereocenters. The summed E-state index contributed by atoms with van der Waals surface area (Å²) in [5, 5.41) is 2.80. The Morgan fingerprint density at radius 2 is 2.06 bits per heavy atom. The highest BCUT2D eigenvalue weighted by Gasteiger charge is 2.11. The summed E-state index contributed by atoms with van der Waals surface area (Å²) in [4.78, 5) is 11.7. The lowest BCUT2D eigenvalue weighted by Gasteiger charge is -2.12. The van der Waals surface area contributed by atoms with Crippen molar-refractivity contribution in [3.05, 3.63) is 42.5 Å². The van der Waals surface area contributed by atoms with Crippen molar-refractivity contribution in [2.24, 2.45) is 5.73 Å². The van der Waals surface area contributed by atoms with Crippen molar-refractivity contribution >= 4 is 11.6 Å². The Balaban J connectivity index is 2.63. The fourth-order valence-electron chi connectivity index (χ4n) is 1.65. The molecule has 1 aromatic carbocycles. The number of carbonyl (C=O) groups excluding carboxylic acids is 1. The van der Waals surface area contributed by atoms with Crippen LogP contribution in [0.3, 0.4) is 0 Å². The maximum absolute atomic E-state index is 11.7. The van der Waals surface area contributed by atoms with E-state index in [-0.39, 0.29) is 5.91 Å². The van der Waals surface area contributed by atoms with Crippen LogP contribution in [-0.4, -0.2) is 11.9 Å². The molecule has 0 saturated heterocycles. The zero-order chi connectivity index (χ0) is 13.5. The van der Waals surface area contributed by atoms with Crippen molar-refractivity contribution in [1.82, 2.24) is 0 Å². The first-order chi connectivity index (χ1) is 8.58. The lowest BCUT2D eigenvalue weighted by atomic mass is 9.98. The Labute approximate surface area is 109 Å². The van der Waals surface area contributed by atoms with Crippen molar-refractivity contribution in [1.29, 1.82) is 0 Å². The van der Waals surface area contributed by atoms with Gasteiger partial charge in [0.05, 0.1) is 6.04 Å². The molecule has 0 aliphatic carbocycles. The number of nitrogens with one attached hydrogen (secondary N) is 1. The summed E-state index contributed by atoms with van der Waals surface area (Å²) in [5.41, 5.74) is 7.76. The van der Waals surface area contributed by atoms with Gasteiger partial charge in [-0.05, 0) is 36.5 Å². The Morgan fingerprint density at radius 3 is 2.56 bits per heavy atom. The molecule has 18 heavy (non-hydrogen) atoms. The number of hydrogen-bond donors (Lipinski definition) is 2. The van der Waals surface area contributed by atoms with Crippen LogP contribution in [0.5, 0.6) is 0 Å². The van der Waals surface area contributed by atoms with Gasteiger partial charge in [-0.25, -0.2) is 0 Å². The predicted molar refractivity (Wildman–Crippen MR) is 76.6 cm³/mol. The average molecular weight is 246 g/mol. The summed E-state index contributed by atoms with van der Waals surface area (Å²) in [6.45, 7) is 7.92. The molecular weight excluding hydrogens is 224 g/mol. The summed E-state index contributed by atoms with van der Waals surface area (Å²) in [6, 6.07) is 7.39. The zero-order valence-electron chi connectivity index (χ0n) is 11.1. The van der Waals surface area contributed by atoms with Crippen molar-refractivity contribution in [3.63, 3.8) is 0 Å². The predicted octanol–water partition coefficient (Wildman–Crippen LogP) is 3.04. The molecule has 1 amide bonds. The molecule has 0 saturated carbocycles. The summed E-state index contributed by atoms with van der Waals surface area (Å²) >= 11 is 0. The van der Waals surface area contributed by atoms with Gasteiger partial charge in [-0.3, -0.25) is 4.79 Å². The van der Waals surface area contributed by atoms with E-state index in [1.807, 2.05) is 24.3 Å². The van der Waals surface area contributed by atoms with Crippen LogP contribution in [0, 0.1) is 0 Å². The summed E-state index contributed by atoms with van der Waals surface area (Å²) < 4.78 is 0. The van der Waals surface area contributed by atoms with E-state index in [1.54, 1.807) is 6.08 Å². The number of amides is 1. The molecule has 98 valence electrons. The van der Waals surface area contributed by atoms with Gasteiger partial charge in [0.2, 0.25) is 5.91 Å². The third-order valence-corrected chi connectivity index (χ3v) is 3.12. The molecule has 0 radical (unpaired) electrons. The summed E-state index contributed by atoms with van der Waals surface area (Å²) in [5.74, 6) is 0.365. The summed E-state index contributed by atoms with van der Waals surface area (Å²) in [6.07, 6.45) is 3.24. The Kier molecular flexibility index (Phi) is 5.59. The second-order valence-corrected chi connectivity index (χ2v) is 4.55. The lowest BCUT2D eigenvalue weighted by molar-refractivity contribution is -0.117. The van der Waals surface area contributed by atoms with E-state index in [1.165, 1.54) is 5.56 Å². The van der Waals surface area contributed by atoms with Crippen molar-refractivity contribution in [2.75, 3.05) is 5.32 Å². The quantitative estimate of drug-likeness (QED) is 0.758. The fourth-order valence-corrected chi connectivity index (χ4v) is 1.65. The smallest absolute Gasteiger partial charge is 0.241 e. The third kappa shape index (κ3) is 4.00. The Hall–Kier alpha value is -1.61. The van der Waals surface area contributed by atoms with E-state index < -0.39 is 6.04 Å². The van der Waals surface area contributed by atoms with Gasteiger partial charge in [0.25, 0.3) is 0 Å². The molecule has 1 rings (SSSR count). The number of hydrogen-bond acceptors (Lipinski definition) is 2. The molecule has 1 aromatic rings. The number of carbonyl (C=O) groups is 1. The number of anilines is 1. The monoisotopic (exact) mass is 246 g/mol. The molecule has 3 heteroatoms. The normalized spacial score (nSPS) is 13.7. The highest BCUT2D eigenvalue weighted by Crippen LogP contribution is 2.20. The minimum atomic E-state index is -0.531. The molecule has 0 fully saturated rings. The average Bonchev–Trinajstić information content (AvgIpc) is 2.39. The van der Waals surface area contributed by atoms with Crippen molar-refractivity contribution in [3.8, 4) is 0 Å². The molecule has 0 aliphatic heterocycles.